The van der Waals surface area contributed by atoms with Crippen molar-refractivity contribution in [1.29, 1.82) is 0 Å². The molecule has 2 heterocycles. The zero-order valence-electron chi connectivity index (χ0n) is 12.1. The molecule has 0 atom stereocenters. The predicted molar refractivity (Wildman–Crippen MR) is 90.9 cm³/mol. The third-order valence-corrected chi connectivity index (χ3v) is 5.88. The van der Waals surface area contributed by atoms with Gasteiger partial charge in [0.05, 0.1) is 0 Å². The summed E-state index contributed by atoms with van der Waals surface area (Å²) in [5, 5.41) is 5.23. The van der Waals surface area contributed by atoms with Crippen molar-refractivity contribution in [2.24, 2.45) is 5.73 Å². The standard InChI is InChI=1S/C15H18N4OS2/c16-13(20)12-14(18-10-6-8-17-9-7-10)22-19-15(12)21-11-4-2-1-3-5-11/h6-9,11H,1-5H2,(H2,16,20)(H,17,18). The van der Waals surface area contributed by atoms with Crippen LogP contribution in [0.4, 0.5) is 10.7 Å². The molecule has 1 saturated carbocycles. The molecular formula is C15H18N4OS2. The highest BCUT2D eigenvalue weighted by Gasteiger charge is 2.23. The fourth-order valence-electron chi connectivity index (χ4n) is 2.57. The minimum atomic E-state index is -0.427. The fourth-order valence-corrected chi connectivity index (χ4v) is 4.84. The largest absolute Gasteiger partial charge is 0.365 e. The lowest BCUT2D eigenvalue weighted by atomic mass is 10.0. The first kappa shape index (κ1) is 15.3. The number of anilines is 2. The van der Waals surface area contributed by atoms with Gasteiger partial charge in [-0.15, -0.1) is 11.8 Å². The summed E-state index contributed by atoms with van der Waals surface area (Å²) in [6.07, 6.45) is 9.61. The van der Waals surface area contributed by atoms with Crippen LogP contribution < -0.4 is 11.1 Å². The lowest BCUT2D eigenvalue weighted by molar-refractivity contribution is 0.0998. The molecule has 116 valence electrons. The number of nitrogens with two attached hydrogens (primary N) is 1. The molecule has 0 aliphatic heterocycles. The van der Waals surface area contributed by atoms with E-state index in [1.807, 2.05) is 12.1 Å². The zero-order chi connectivity index (χ0) is 15.4. The number of nitrogens with one attached hydrogen (secondary N) is 1. The number of thioether (sulfide) groups is 1. The number of primary amides is 1. The van der Waals surface area contributed by atoms with Crippen molar-refractivity contribution in [3.05, 3.63) is 30.1 Å². The average molecular weight is 334 g/mol. The van der Waals surface area contributed by atoms with Gasteiger partial charge in [-0.3, -0.25) is 9.78 Å². The number of hydrogen-bond donors (Lipinski definition) is 2. The molecule has 1 amide bonds. The Morgan fingerprint density at radius 3 is 2.68 bits per heavy atom. The third kappa shape index (κ3) is 3.59. The quantitative estimate of drug-likeness (QED) is 0.869. The van der Waals surface area contributed by atoms with E-state index < -0.39 is 5.91 Å². The minimum absolute atomic E-state index is 0.427. The summed E-state index contributed by atoms with van der Waals surface area (Å²) in [5.74, 6) is -0.427. The molecule has 0 unspecified atom stereocenters. The van der Waals surface area contributed by atoms with Crippen LogP contribution in [-0.4, -0.2) is 20.5 Å². The molecule has 3 rings (SSSR count). The summed E-state index contributed by atoms with van der Waals surface area (Å²) in [6.45, 7) is 0. The van der Waals surface area contributed by atoms with Gasteiger partial charge in [-0.1, -0.05) is 19.3 Å². The number of amides is 1. The number of aromatic nitrogens is 2. The highest BCUT2D eigenvalue weighted by atomic mass is 32.2. The molecule has 1 aliphatic rings. The summed E-state index contributed by atoms with van der Waals surface area (Å²) < 4.78 is 4.45. The number of rotatable bonds is 5. The first-order valence-electron chi connectivity index (χ1n) is 7.37. The van der Waals surface area contributed by atoms with E-state index in [0.717, 1.165) is 10.7 Å². The van der Waals surface area contributed by atoms with E-state index in [-0.39, 0.29) is 0 Å². The number of pyridine rings is 1. The smallest absolute Gasteiger partial charge is 0.254 e. The lowest BCUT2D eigenvalue weighted by Crippen LogP contribution is -2.14. The Bertz CT molecular complexity index is 638. The van der Waals surface area contributed by atoms with Crippen LogP contribution in [0.3, 0.4) is 0 Å². The van der Waals surface area contributed by atoms with E-state index in [1.165, 1.54) is 43.6 Å². The van der Waals surface area contributed by atoms with Gasteiger partial charge < -0.3 is 11.1 Å². The average Bonchev–Trinajstić information content (AvgIpc) is 2.92. The predicted octanol–water partition coefficient (Wildman–Crippen LogP) is 3.81. The Hall–Kier alpha value is -1.60. The molecule has 22 heavy (non-hydrogen) atoms. The molecule has 1 fully saturated rings. The van der Waals surface area contributed by atoms with Gasteiger partial charge in [-0.25, -0.2) is 0 Å². The normalized spacial score (nSPS) is 15.6. The van der Waals surface area contributed by atoms with E-state index in [4.69, 9.17) is 5.73 Å². The SMILES string of the molecule is NC(=O)c1c(SC2CCCCC2)nsc1Nc1ccncc1. The van der Waals surface area contributed by atoms with Crippen molar-refractivity contribution >= 4 is 39.9 Å². The Morgan fingerprint density at radius 1 is 1.27 bits per heavy atom. The second kappa shape index (κ2) is 7.11. The Morgan fingerprint density at radius 2 is 2.00 bits per heavy atom. The lowest BCUT2D eigenvalue weighted by Gasteiger charge is -2.20. The van der Waals surface area contributed by atoms with Crippen LogP contribution in [0, 0.1) is 0 Å². The molecule has 2 aromatic rings. The van der Waals surface area contributed by atoms with E-state index in [0.29, 0.717) is 15.8 Å². The summed E-state index contributed by atoms with van der Waals surface area (Å²) in [7, 11) is 0. The summed E-state index contributed by atoms with van der Waals surface area (Å²) in [4.78, 5) is 15.8. The van der Waals surface area contributed by atoms with E-state index in [9.17, 15) is 4.79 Å². The fraction of sp³-hybridized carbons (Fsp3) is 0.400. The van der Waals surface area contributed by atoms with Crippen LogP contribution in [-0.2, 0) is 0 Å². The van der Waals surface area contributed by atoms with Crippen molar-refractivity contribution < 1.29 is 4.79 Å². The number of nitrogens with zero attached hydrogens (tertiary/aromatic N) is 2. The van der Waals surface area contributed by atoms with Gasteiger partial charge in [0.1, 0.15) is 15.6 Å². The van der Waals surface area contributed by atoms with Crippen LogP contribution in [0.5, 0.6) is 0 Å². The van der Waals surface area contributed by atoms with E-state index in [2.05, 4.69) is 14.7 Å². The van der Waals surface area contributed by atoms with Gasteiger partial charge in [0.15, 0.2) is 0 Å². The molecule has 0 spiro atoms. The Balaban J connectivity index is 1.80. The third-order valence-electron chi connectivity index (χ3n) is 3.68. The first-order valence-corrected chi connectivity index (χ1v) is 9.02. The van der Waals surface area contributed by atoms with Crippen LogP contribution in [0.15, 0.2) is 29.6 Å². The van der Waals surface area contributed by atoms with Gasteiger partial charge in [-0.2, -0.15) is 4.37 Å². The molecule has 0 aromatic carbocycles. The van der Waals surface area contributed by atoms with Crippen LogP contribution in [0.25, 0.3) is 0 Å². The highest BCUT2D eigenvalue weighted by Crippen LogP contribution is 2.39. The summed E-state index contributed by atoms with van der Waals surface area (Å²) in [5.41, 5.74) is 6.96. The van der Waals surface area contributed by atoms with Crippen molar-refractivity contribution in [2.75, 3.05) is 5.32 Å². The monoisotopic (exact) mass is 334 g/mol. The van der Waals surface area contributed by atoms with Gasteiger partial charge >= 0.3 is 0 Å². The van der Waals surface area contributed by atoms with Crippen LogP contribution in [0.1, 0.15) is 42.5 Å². The van der Waals surface area contributed by atoms with Crippen molar-refractivity contribution in [1.82, 2.24) is 9.36 Å². The molecule has 7 heteroatoms. The van der Waals surface area contributed by atoms with Crippen molar-refractivity contribution in [3.8, 4) is 0 Å². The maximum absolute atomic E-state index is 11.9. The molecule has 3 N–H and O–H groups in total. The molecular weight excluding hydrogens is 316 g/mol. The molecule has 5 nitrogen and oxygen atoms in total. The maximum Gasteiger partial charge on any atom is 0.254 e. The van der Waals surface area contributed by atoms with E-state index >= 15 is 0 Å². The molecule has 0 radical (unpaired) electrons. The van der Waals surface area contributed by atoms with Crippen molar-refractivity contribution in [3.63, 3.8) is 0 Å². The maximum atomic E-state index is 11.9. The molecule has 0 bridgehead atoms. The molecule has 2 aromatic heterocycles. The van der Waals surface area contributed by atoms with E-state index in [1.54, 1.807) is 24.2 Å². The van der Waals surface area contributed by atoms with Gasteiger partial charge in [0.2, 0.25) is 0 Å². The highest BCUT2D eigenvalue weighted by molar-refractivity contribution is 8.00. The van der Waals surface area contributed by atoms with Gasteiger partial charge in [0.25, 0.3) is 5.91 Å². The second-order valence-electron chi connectivity index (χ2n) is 5.29. The van der Waals surface area contributed by atoms with Crippen molar-refractivity contribution in [2.45, 2.75) is 42.4 Å². The van der Waals surface area contributed by atoms with Crippen LogP contribution in [0.2, 0.25) is 0 Å². The second-order valence-corrected chi connectivity index (χ2v) is 7.36. The number of carbonyl (C=O) groups is 1. The Labute approximate surface area is 137 Å². The minimum Gasteiger partial charge on any atom is -0.365 e. The summed E-state index contributed by atoms with van der Waals surface area (Å²) in [6, 6.07) is 3.69. The Kier molecular flexibility index (Phi) is 4.94. The molecule has 1 aliphatic carbocycles. The van der Waals surface area contributed by atoms with Gasteiger partial charge in [-0.05, 0) is 36.5 Å². The topological polar surface area (TPSA) is 80.9 Å². The zero-order valence-corrected chi connectivity index (χ0v) is 13.8. The number of hydrogen-bond acceptors (Lipinski definition) is 6. The first-order chi connectivity index (χ1) is 10.7. The summed E-state index contributed by atoms with van der Waals surface area (Å²) >= 11 is 2.98. The van der Waals surface area contributed by atoms with Crippen LogP contribution >= 0.6 is 23.3 Å². The number of carbonyl (C=O) groups excluding carboxylic acids is 1. The molecule has 0 saturated heterocycles. The van der Waals surface area contributed by atoms with Gasteiger partial charge in [0, 0.05) is 23.3 Å².